The largest absolute Gasteiger partial charge is 0.457 e. The number of ether oxygens (including phenoxy) is 1. The number of piperazine rings is 1. The van der Waals surface area contributed by atoms with Crippen LogP contribution in [0.4, 0.5) is 10.2 Å². The Labute approximate surface area is 215 Å². The molecule has 0 atom stereocenters. The van der Waals surface area contributed by atoms with Gasteiger partial charge >= 0.3 is 0 Å². The lowest BCUT2D eigenvalue weighted by molar-refractivity contribution is 0.0872. The lowest BCUT2D eigenvalue weighted by Gasteiger charge is -2.40. The number of fused-ring (bicyclic) bond motifs is 1. The van der Waals surface area contributed by atoms with Crippen molar-refractivity contribution in [3.63, 3.8) is 0 Å². The minimum atomic E-state index is -0.429. The average molecular weight is 502 g/mol. The third-order valence-corrected chi connectivity index (χ3v) is 7.78. The Morgan fingerprint density at radius 2 is 1.70 bits per heavy atom. The first-order valence-corrected chi connectivity index (χ1v) is 13.0. The van der Waals surface area contributed by atoms with E-state index >= 15 is 4.39 Å². The van der Waals surface area contributed by atoms with Gasteiger partial charge in [-0.3, -0.25) is 4.90 Å². The third kappa shape index (κ3) is 4.76. The molecule has 2 N–H and O–H groups in total. The van der Waals surface area contributed by atoms with Crippen molar-refractivity contribution < 1.29 is 9.13 Å². The van der Waals surface area contributed by atoms with Crippen LogP contribution in [-0.2, 0) is 0 Å². The number of nitrogen functional groups attached to an aromatic ring is 1. The number of nitrogens with two attached hydrogens (primary N) is 1. The molecular weight excluding hydrogens is 469 g/mol. The number of benzene rings is 2. The SMILES string of the molecule is CN1CCN(C2CCC(c3nc(-c4ccc(Oc5ccccc5)cc4F)c4c(N)ncnn34)CC2)CC1. The van der Waals surface area contributed by atoms with Gasteiger partial charge in [-0.15, -0.1) is 0 Å². The molecule has 6 rings (SSSR count). The van der Waals surface area contributed by atoms with E-state index in [1.54, 1.807) is 16.6 Å². The van der Waals surface area contributed by atoms with Gasteiger partial charge in [0.05, 0.1) is 0 Å². The predicted molar refractivity (Wildman–Crippen MR) is 141 cm³/mol. The summed E-state index contributed by atoms with van der Waals surface area (Å²) in [7, 11) is 2.19. The maximum atomic E-state index is 15.4. The number of anilines is 1. The Hall–Kier alpha value is -3.56. The van der Waals surface area contributed by atoms with Gasteiger partial charge in [-0.25, -0.2) is 18.9 Å². The number of nitrogens with zero attached hydrogens (tertiary/aromatic N) is 6. The van der Waals surface area contributed by atoms with Crippen LogP contribution in [-0.4, -0.2) is 68.7 Å². The van der Waals surface area contributed by atoms with Crippen LogP contribution < -0.4 is 10.5 Å². The normalized spacial score (nSPS) is 21.4. The van der Waals surface area contributed by atoms with E-state index in [2.05, 4.69) is 26.9 Å². The highest BCUT2D eigenvalue weighted by molar-refractivity contribution is 5.85. The smallest absolute Gasteiger partial charge is 0.153 e. The summed E-state index contributed by atoms with van der Waals surface area (Å²) in [6.07, 6.45) is 5.73. The molecule has 2 aromatic heterocycles. The van der Waals surface area contributed by atoms with Crippen LogP contribution >= 0.6 is 0 Å². The van der Waals surface area contributed by atoms with Crippen LogP contribution in [0, 0.1) is 5.82 Å². The molecule has 0 bridgehead atoms. The van der Waals surface area contributed by atoms with Gasteiger partial charge in [0.1, 0.15) is 40.7 Å². The van der Waals surface area contributed by atoms with Crippen LogP contribution in [0.25, 0.3) is 16.8 Å². The molecular formula is C28H32FN7O. The van der Waals surface area contributed by atoms with Crippen molar-refractivity contribution in [3.05, 3.63) is 66.5 Å². The van der Waals surface area contributed by atoms with E-state index < -0.39 is 5.82 Å². The average Bonchev–Trinajstić information content (AvgIpc) is 3.31. The Kier molecular flexibility index (Phi) is 6.48. The fraction of sp³-hybridized carbons (Fsp3) is 0.393. The van der Waals surface area contributed by atoms with E-state index in [0.717, 1.165) is 57.7 Å². The van der Waals surface area contributed by atoms with Gasteiger partial charge < -0.3 is 15.4 Å². The van der Waals surface area contributed by atoms with Crippen molar-refractivity contribution in [2.45, 2.75) is 37.6 Å². The predicted octanol–water partition coefficient (Wildman–Crippen LogP) is 4.58. The topological polar surface area (TPSA) is 84.8 Å². The molecule has 192 valence electrons. The molecule has 9 heteroatoms. The van der Waals surface area contributed by atoms with Gasteiger partial charge in [0.2, 0.25) is 0 Å². The molecule has 0 spiro atoms. The molecule has 1 aliphatic carbocycles. The molecule has 0 unspecified atom stereocenters. The highest BCUT2D eigenvalue weighted by Crippen LogP contribution is 2.39. The second-order valence-electron chi connectivity index (χ2n) is 10.1. The zero-order valence-corrected chi connectivity index (χ0v) is 21.1. The maximum absolute atomic E-state index is 15.4. The Bertz CT molecular complexity index is 1380. The van der Waals surface area contributed by atoms with Crippen molar-refractivity contribution in [1.29, 1.82) is 0 Å². The van der Waals surface area contributed by atoms with Gasteiger partial charge in [-0.1, -0.05) is 18.2 Å². The highest BCUT2D eigenvalue weighted by Gasteiger charge is 2.32. The van der Waals surface area contributed by atoms with E-state index in [1.807, 2.05) is 30.3 Å². The molecule has 0 amide bonds. The summed E-state index contributed by atoms with van der Waals surface area (Å²) in [5.74, 6) is 2.00. The van der Waals surface area contributed by atoms with Gasteiger partial charge in [0.15, 0.2) is 5.82 Å². The summed E-state index contributed by atoms with van der Waals surface area (Å²) in [5.41, 5.74) is 7.66. The summed E-state index contributed by atoms with van der Waals surface area (Å²) in [6, 6.07) is 14.8. The molecule has 1 saturated carbocycles. The second kappa shape index (κ2) is 10.1. The van der Waals surface area contributed by atoms with Gasteiger partial charge in [0, 0.05) is 49.8 Å². The number of para-hydroxylation sites is 1. The van der Waals surface area contributed by atoms with Crippen molar-refractivity contribution in [3.8, 4) is 22.8 Å². The Morgan fingerprint density at radius 1 is 0.946 bits per heavy atom. The van der Waals surface area contributed by atoms with E-state index in [-0.39, 0.29) is 5.92 Å². The fourth-order valence-electron chi connectivity index (χ4n) is 5.69. The first-order valence-electron chi connectivity index (χ1n) is 13.0. The molecule has 4 aromatic rings. The second-order valence-corrected chi connectivity index (χ2v) is 10.1. The van der Waals surface area contributed by atoms with E-state index in [1.165, 1.54) is 12.4 Å². The fourth-order valence-corrected chi connectivity index (χ4v) is 5.69. The molecule has 2 fully saturated rings. The highest BCUT2D eigenvalue weighted by atomic mass is 19.1. The van der Waals surface area contributed by atoms with Crippen molar-refractivity contribution in [1.82, 2.24) is 29.4 Å². The standard InChI is InChI=1S/C28H32FN7O/c1-34-13-15-35(16-14-34)20-9-7-19(8-10-20)28-33-25(26-27(30)31-18-32-36(26)28)23-12-11-22(17-24(23)29)37-21-5-3-2-4-6-21/h2-6,11-12,17-20H,7-10,13-16H2,1H3,(H2,30,31,32). The zero-order valence-electron chi connectivity index (χ0n) is 21.1. The summed E-state index contributed by atoms with van der Waals surface area (Å²) >= 11 is 0. The molecule has 1 saturated heterocycles. The van der Waals surface area contributed by atoms with Gasteiger partial charge in [-0.2, -0.15) is 5.10 Å². The molecule has 1 aliphatic heterocycles. The lowest BCUT2D eigenvalue weighted by atomic mass is 9.84. The number of hydrogen-bond donors (Lipinski definition) is 1. The monoisotopic (exact) mass is 501 g/mol. The van der Waals surface area contributed by atoms with Crippen molar-refractivity contribution >= 4 is 11.3 Å². The number of likely N-dealkylation sites (N-methyl/N-ethyl adjacent to an activating group) is 1. The number of halogens is 1. The summed E-state index contributed by atoms with van der Waals surface area (Å²) in [5, 5.41) is 4.48. The van der Waals surface area contributed by atoms with Crippen LogP contribution in [0.5, 0.6) is 11.5 Å². The van der Waals surface area contributed by atoms with Crippen LogP contribution in [0.2, 0.25) is 0 Å². The van der Waals surface area contributed by atoms with E-state index in [0.29, 0.717) is 40.1 Å². The van der Waals surface area contributed by atoms with E-state index in [9.17, 15) is 0 Å². The number of hydrogen-bond acceptors (Lipinski definition) is 7. The number of rotatable bonds is 5. The van der Waals surface area contributed by atoms with Crippen LogP contribution in [0.1, 0.15) is 37.4 Å². The molecule has 3 heterocycles. The minimum absolute atomic E-state index is 0.239. The van der Waals surface area contributed by atoms with Crippen LogP contribution in [0.3, 0.4) is 0 Å². The van der Waals surface area contributed by atoms with Crippen LogP contribution in [0.15, 0.2) is 54.9 Å². The molecule has 0 radical (unpaired) electrons. The Morgan fingerprint density at radius 3 is 2.43 bits per heavy atom. The number of imidazole rings is 1. The first kappa shape index (κ1) is 23.8. The van der Waals surface area contributed by atoms with E-state index in [4.69, 9.17) is 15.5 Å². The lowest BCUT2D eigenvalue weighted by Crippen LogP contribution is -2.49. The van der Waals surface area contributed by atoms with Crippen molar-refractivity contribution in [2.24, 2.45) is 0 Å². The molecule has 2 aliphatic rings. The molecule has 2 aromatic carbocycles. The van der Waals surface area contributed by atoms with Crippen molar-refractivity contribution in [2.75, 3.05) is 39.0 Å². The van der Waals surface area contributed by atoms with Gasteiger partial charge in [0.25, 0.3) is 0 Å². The summed E-state index contributed by atoms with van der Waals surface area (Å²) in [4.78, 5) is 14.2. The number of aromatic nitrogens is 4. The Balaban J connectivity index is 1.27. The molecule has 8 nitrogen and oxygen atoms in total. The van der Waals surface area contributed by atoms with Gasteiger partial charge in [-0.05, 0) is 57.0 Å². The third-order valence-electron chi connectivity index (χ3n) is 7.78. The summed E-state index contributed by atoms with van der Waals surface area (Å²) in [6.45, 7) is 4.53. The minimum Gasteiger partial charge on any atom is -0.457 e. The summed E-state index contributed by atoms with van der Waals surface area (Å²) < 4.78 is 23.0. The quantitative estimate of drug-likeness (QED) is 0.429. The molecule has 37 heavy (non-hydrogen) atoms. The maximum Gasteiger partial charge on any atom is 0.153 e. The first-order chi connectivity index (χ1) is 18.1. The zero-order chi connectivity index (χ0) is 25.4.